The van der Waals surface area contributed by atoms with Gasteiger partial charge in [0.15, 0.2) is 4.34 Å². The Kier molecular flexibility index (Phi) is 4.92. The first kappa shape index (κ1) is 15.3. The van der Waals surface area contributed by atoms with E-state index < -0.39 is 0 Å². The second kappa shape index (κ2) is 7.09. The molecule has 3 N–H and O–H groups in total. The molecule has 4 nitrogen and oxygen atoms in total. The summed E-state index contributed by atoms with van der Waals surface area (Å²) < 4.78 is 0.981. The van der Waals surface area contributed by atoms with Crippen LogP contribution in [-0.2, 0) is 0 Å². The highest BCUT2D eigenvalue weighted by Crippen LogP contribution is 2.29. The van der Waals surface area contributed by atoms with Gasteiger partial charge in [-0.25, -0.2) is 0 Å². The molecule has 1 aromatic heterocycles. The van der Waals surface area contributed by atoms with Crippen molar-refractivity contribution in [3.8, 4) is 0 Å². The second-order valence-corrected chi connectivity index (χ2v) is 7.23. The Morgan fingerprint density at radius 3 is 2.86 bits per heavy atom. The highest BCUT2D eigenvalue weighted by atomic mass is 32.2. The van der Waals surface area contributed by atoms with Gasteiger partial charge in [-0.15, -0.1) is 10.2 Å². The third-order valence-electron chi connectivity index (χ3n) is 3.27. The van der Waals surface area contributed by atoms with Crippen LogP contribution in [0.3, 0.4) is 0 Å². The molecule has 1 unspecified atom stereocenters. The number of nitrogens with zero attached hydrogens (tertiary/aromatic N) is 2. The third-order valence-corrected chi connectivity index (χ3v) is 5.47. The van der Waals surface area contributed by atoms with Crippen molar-refractivity contribution in [3.63, 3.8) is 0 Å². The molecule has 0 radical (unpaired) electrons. The van der Waals surface area contributed by atoms with Gasteiger partial charge in [0.2, 0.25) is 5.13 Å². The average molecular weight is 330 g/mol. The summed E-state index contributed by atoms with van der Waals surface area (Å²) >= 11 is 3.28. The number of hydrogen-bond donors (Lipinski definition) is 2. The van der Waals surface area contributed by atoms with Gasteiger partial charge in [0.1, 0.15) is 6.17 Å². The van der Waals surface area contributed by atoms with Gasteiger partial charge < -0.3 is 11.1 Å². The van der Waals surface area contributed by atoms with E-state index in [9.17, 15) is 0 Å². The van der Waals surface area contributed by atoms with Crippen molar-refractivity contribution in [2.75, 3.05) is 11.1 Å². The van der Waals surface area contributed by atoms with Crippen LogP contribution in [0.4, 0.5) is 5.13 Å². The van der Waals surface area contributed by atoms with Crippen molar-refractivity contribution >= 4 is 39.0 Å². The number of benzene rings is 2. The monoisotopic (exact) mass is 330 g/mol. The molecule has 2 aromatic carbocycles. The fourth-order valence-electron chi connectivity index (χ4n) is 2.25. The topological polar surface area (TPSA) is 63.8 Å². The standard InChI is InChI=1S/C16H18N4S2/c1-2-10-21-16-20-19-15(22-16)18-14(17)13-9-5-7-11-6-3-4-8-12(11)13/h3-9,14H,2,10,17H2,1H3,(H,18,19). The molecule has 6 heteroatoms. The zero-order chi connectivity index (χ0) is 15.4. The van der Waals surface area contributed by atoms with E-state index in [0.29, 0.717) is 0 Å². The van der Waals surface area contributed by atoms with E-state index in [4.69, 9.17) is 5.73 Å². The maximum absolute atomic E-state index is 6.32. The molecular formula is C16H18N4S2. The van der Waals surface area contributed by atoms with Gasteiger partial charge in [-0.2, -0.15) is 0 Å². The van der Waals surface area contributed by atoms with Crippen molar-refractivity contribution in [1.29, 1.82) is 0 Å². The number of rotatable bonds is 6. The minimum atomic E-state index is -0.303. The Hall–Kier alpha value is -1.63. The summed E-state index contributed by atoms with van der Waals surface area (Å²) in [5.74, 6) is 1.06. The molecule has 3 aromatic rings. The summed E-state index contributed by atoms with van der Waals surface area (Å²) in [6, 6.07) is 14.4. The summed E-state index contributed by atoms with van der Waals surface area (Å²) in [4.78, 5) is 0. The number of fused-ring (bicyclic) bond motifs is 1. The van der Waals surface area contributed by atoms with Crippen LogP contribution in [0.5, 0.6) is 0 Å². The lowest BCUT2D eigenvalue weighted by Crippen LogP contribution is -2.20. The Morgan fingerprint density at radius 2 is 2.00 bits per heavy atom. The summed E-state index contributed by atoms with van der Waals surface area (Å²) in [5.41, 5.74) is 7.39. The second-order valence-electron chi connectivity index (χ2n) is 4.91. The number of thioether (sulfide) groups is 1. The first-order valence-corrected chi connectivity index (χ1v) is 9.04. The number of nitrogens with two attached hydrogens (primary N) is 1. The molecule has 0 aliphatic heterocycles. The van der Waals surface area contributed by atoms with Crippen molar-refractivity contribution in [1.82, 2.24) is 10.2 Å². The van der Waals surface area contributed by atoms with E-state index in [1.165, 1.54) is 5.39 Å². The van der Waals surface area contributed by atoms with Gasteiger partial charge in [-0.3, -0.25) is 0 Å². The first-order valence-electron chi connectivity index (χ1n) is 7.24. The smallest absolute Gasteiger partial charge is 0.207 e. The summed E-state index contributed by atoms with van der Waals surface area (Å²) in [6.07, 6.45) is 0.825. The molecular weight excluding hydrogens is 312 g/mol. The normalized spacial score (nSPS) is 12.5. The molecule has 0 saturated heterocycles. The van der Waals surface area contributed by atoms with E-state index in [-0.39, 0.29) is 6.17 Å². The summed E-state index contributed by atoms with van der Waals surface area (Å²) in [5, 5.41) is 14.7. The maximum Gasteiger partial charge on any atom is 0.207 e. The number of nitrogens with one attached hydrogen (secondary N) is 1. The Labute approximate surface area is 138 Å². The molecule has 0 amide bonds. The molecule has 3 rings (SSSR count). The van der Waals surface area contributed by atoms with Gasteiger partial charge >= 0.3 is 0 Å². The van der Waals surface area contributed by atoms with Crippen LogP contribution >= 0.6 is 23.1 Å². The molecule has 0 fully saturated rings. The van der Waals surface area contributed by atoms with Crippen LogP contribution in [-0.4, -0.2) is 16.0 Å². The lowest BCUT2D eigenvalue weighted by molar-refractivity contribution is 0.834. The van der Waals surface area contributed by atoms with Crippen LogP contribution in [0.15, 0.2) is 46.8 Å². The van der Waals surface area contributed by atoms with Crippen molar-refractivity contribution in [2.45, 2.75) is 23.8 Å². The van der Waals surface area contributed by atoms with E-state index in [2.05, 4.69) is 40.6 Å². The molecule has 0 bridgehead atoms. The van der Waals surface area contributed by atoms with Crippen LogP contribution in [0.2, 0.25) is 0 Å². The lowest BCUT2D eigenvalue weighted by atomic mass is 10.0. The first-order chi connectivity index (χ1) is 10.8. The van der Waals surface area contributed by atoms with E-state index in [0.717, 1.165) is 32.6 Å². The van der Waals surface area contributed by atoms with Gasteiger partial charge in [0, 0.05) is 5.75 Å². The predicted octanol–water partition coefficient (Wildman–Crippen LogP) is 4.26. The van der Waals surface area contributed by atoms with Crippen LogP contribution in [0.1, 0.15) is 25.1 Å². The highest BCUT2D eigenvalue weighted by molar-refractivity contribution is 8.01. The molecule has 0 saturated carbocycles. The Balaban J connectivity index is 1.78. The zero-order valence-electron chi connectivity index (χ0n) is 12.3. The number of hydrogen-bond acceptors (Lipinski definition) is 6. The van der Waals surface area contributed by atoms with Crippen molar-refractivity contribution < 1.29 is 0 Å². The molecule has 0 spiro atoms. The van der Waals surface area contributed by atoms with Crippen molar-refractivity contribution in [3.05, 3.63) is 48.0 Å². The van der Waals surface area contributed by atoms with Crippen LogP contribution in [0, 0.1) is 0 Å². The van der Waals surface area contributed by atoms with Gasteiger partial charge in [0.25, 0.3) is 0 Å². The molecule has 1 atom stereocenters. The maximum atomic E-state index is 6.32. The minimum Gasteiger partial charge on any atom is -0.341 e. The van der Waals surface area contributed by atoms with E-state index >= 15 is 0 Å². The van der Waals surface area contributed by atoms with Crippen LogP contribution in [0.25, 0.3) is 10.8 Å². The van der Waals surface area contributed by atoms with Crippen LogP contribution < -0.4 is 11.1 Å². The van der Waals surface area contributed by atoms with E-state index in [1.54, 1.807) is 23.1 Å². The molecule has 1 heterocycles. The van der Waals surface area contributed by atoms with Gasteiger partial charge in [-0.1, -0.05) is 72.5 Å². The SMILES string of the molecule is CCCSc1nnc(NC(N)c2cccc3ccccc23)s1. The van der Waals surface area contributed by atoms with Gasteiger partial charge in [-0.05, 0) is 22.8 Å². The van der Waals surface area contributed by atoms with Gasteiger partial charge in [0.05, 0.1) is 0 Å². The number of anilines is 1. The Morgan fingerprint density at radius 1 is 1.18 bits per heavy atom. The largest absolute Gasteiger partial charge is 0.341 e. The van der Waals surface area contributed by atoms with Crippen molar-refractivity contribution in [2.24, 2.45) is 5.73 Å². The number of aromatic nitrogens is 2. The molecule has 0 aliphatic carbocycles. The third kappa shape index (κ3) is 3.40. The summed E-state index contributed by atoms with van der Waals surface area (Å²) in [6.45, 7) is 2.16. The fraction of sp³-hybridized carbons (Fsp3) is 0.250. The van der Waals surface area contributed by atoms with E-state index in [1.807, 2.05) is 24.3 Å². The lowest BCUT2D eigenvalue weighted by Gasteiger charge is -2.15. The fourth-order valence-corrected chi connectivity index (χ4v) is 3.96. The molecule has 22 heavy (non-hydrogen) atoms. The quantitative estimate of drug-likeness (QED) is 0.522. The highest BCUT2D eigenvalue weighted by Gasteiger charge is 2.12. The molecule has 0 aliphatic rings. The summed E-state index contributed by atoms with van der Waals surface area (Å²) in [7, 11) is 0. The zero-order valence-corrected chi connectivity index (χ0v) is 14.0. The molecule has 114 valence electrons. The minimum absolute atomic E-state index is 0.303. The average Bonchev–Trinajstić information content (AvgIpc) is 2.99. The predicted molar refractivity (Wildman–Crippen MR) is 95.4 cm³/mol. The Bertz CT molecular complexity index is 751.